The summed E-state index contributed by atoms with van der Waals surface area (Å²) in [4.78, 5) is 0. The second kappa shape index (κ2) is 4.75. The number of rotatable bonds is 5. The molecule has 17 heavy (non-hydrogen) atoms. The Labute approximate surface area is 101 Å². The fourth-order valence-electron chi connectivity index (χ4n) is 1.85. The van der Waals surface area contributed by atoms with Gasteiger partial charge in [0.15, 0.2) is 0 Å². The summed E-state index contributed by atoms with van der Waals surface area (Å²) >= 11 is 0. The highest BCUT2D eigenvalue weighted by atomic mass is 16.3. The first kappa shape index (κ1) is 11.9. The molecule has 4 heteroatoms. The number of aliphatic hydroxyl groups is 1. The van der Waals surface area contributed by atoms with Crippen molar-refractivity contribution < 1.29 is 5.11 Å². The number of aromatic nitrogens is 3. The van der Waals surface area contributed by atoms with E-state index in [4.69, 9.17) is 0 Å². The summed E-state index contributed by atoms with van der Waals surface area (Å²) in [6, 6.07) is 3.96. The first-order valence-electron chi connectivity index (χ1n) is 6.05. The van der Waals surface area contributed by atoms with Crippen LogP contribution in [-0.2, 0) is 6.54 Å². The van der Waals surface area contributed by atoms with Gasteiger partial charge in [-0.1, -0.05) is 13.8 Å². The van der Waals surface area contributed by atoms with E-state index < -0.39 is 5.60 Å². The molecule has 0 unspecified atom stereocenters. The Balaban J connectivity index is 2.14. The molecule has 0 atom stereocenters. The third kappa shape index (κ3) is 2.58. The minimum Gasteiger partial charge on any atom is -0.388 e. The van der Waals surface area contributed by atoms with Gasteiger partial charge in [-0.05, 0) is 25.0 Å². The van der Waals surface area contributed by atoms with Crippen molar-refractivity contribution in [2.45, 2.75) is 38.8 Å². The Hall–Kier alpha value is -1.55. The van der Waals surface area contributed by atoms with Gasteiger partial charge in [0.25, 0.3) is 0 Å². The smallest absolute Gasteiger partial charge is 0.0837 e. The summed E-state index contributed by atoms with van der Waals surface area (Å²) in [5, 5.41) is 14.5. The molecule has 0 fully saturated rings. The highest BCUT2D eigenvalue weighted by molar-refractivity contribution is 5.26. The molecule has 4 nitrogen and oxygen atoms in total. The van der Waals surface area contributed by atoms with Gasteiger partial charge in [-0.15, -0.1) is 0 Å². The largest absolute Gasteiger partial charge is 0.388 e. The zero-order valence-corrected chi connectivity index (χ0v) is 10.4. The molecule has 2 aromatic heterocycles. The van der Waals surface area contributed by atoms with Crippen LogP contribution in [0, 0.1) is 0 Å². The standard InChI is InChI=1S/C13H19N3O/c1-3-13(17,4-2)11-16-10-12(9-14-16)15-7-5-6-8-15/h5-10,17H,3-4,11H2,1-2H3. The van der Waals surface area contributed by atoms with E-state index in [9.17, 15) is 5.11 Å². The number of hydrogen-bond acceptors (Lipinski definition) is 2. The van der Waals surface area contributed by atoms with E-state index in [1.165, 1.54) is 0 Å². The third-order valence-electron chi connectivity index (χ3n) is 3.29. The molecule has 2 heterocycles. The van der Waals surface area contributed by atoms with Gasteiger partial charge in [-0.2, -0.15) is 5.10 Å². The van der Waals surface area contributed by atoms with Crippen molar-refractivity contribution >= 4 is 0 Å². The minimum absolute atomic E-state index is 0.543. The molecule has 0 aliphatic carbocycles. The summed E-state index contributed by atoms with van der Waals surface area (Å²) < 4.78 is 3.81. The molecule has 1 N–H and O–H groups in total. The highest BCUT2D eigenvalue weighted by Gasteiger charge is 2.23. The summed E-state index contributed by atoms with van der Waals surface area (Å²) in [7, 11) is 0. The van der Waals surface area contributed by atoms with Crippen molar-refractivity contribution in [2.24, 2.45) is 0 Å². The number of hydrogen-bond donors (Lipinski definition) is 1. The van der Waals surface area contributed by atoms with Gasteiger partial charge in [-0.25, -0.2) is 0 Å². The Kier molecular flexibility index (Phi) is 3.33. The lowest BCUT2D eigenvalue weighted by atomic mass is 9.98. The van der Waals surface area contributed by atoms with Crippen LogP contribution in [0.25, 0.3) is 5.69 Å². The SMILES string of the molecule is CCC(O)(CC)Cn1cc(-n2cccc2)cn1. The first-order chi connectivity index (χ1) is 8.17. The molecular formula is C13H19N3O. The van der Waals surface area contributed by atoms with Gasteiger partial charge < -0.3 is 9.67 Å². The van der Waals surface area contributed by atoms with Crippen LogP contribution in [0.2, 0.25) is 0 Å². The molecule has 0 saturated heterocycles. The summed E-state index contributed by atoms with van der Waals surface area (Å²) in [6.07, 6.45) is 9.20. The molecule has 0 aromatic carbocycles. The van der Waals surface area contributed by atoms with Crippen molar-refractivity contribution in [3.05, 3.63) is 36.9 Å². The first-order valence-corrected chi connectivity index (χ1v) is 6.05. The van der Waals surface area contributed by atoms with Crippen molar-refractivity contribution in [1.29, 1.82) is 0 Å². The molecule has 2 rings (SSSR count). The van der Waals surface area contributed by atoms with E-state index in [1.807, 2.05) is 60.0 Å². The van der Waals surface area contributed by atoms with Gasteiger partial charge in [0.05, 0.1) is 24.0 Å². The van der Waals surface area contributed by atoms with E-state index in [0.717, 1.165) is 18.5 Å². The Morgan fingerprint density at radius 1 is 1.24 bits per heavy atom. The van der Waals surface area contributed by atoms with Crippen molar-refractivity contribution in [1.82, 2.24) is 14.3 Å². The van der Waals surface area contributed by atoms with Crippen LogP contribution in [0.5, 0.6) is 0 Å². The molecule has 0 spiro atoms. The molecule has 0 amide bonds. The van der Waals surface area contributed by atoms with Crippen LogP contribution >= 0.6 is 0 Å². The average molecular weight is 233 g/mol. The van der Waals surface area contributed by atoms with Gasteiger partial charge in [-0.3, -0.25) is 4.68 Å². The van der Waals surface area contributed by atoms with Crippen LogP contribution in [0.4, 0.5) is 0 Å². The van der Waals surface area contributed by atoms with Gasteiger partial charge in [0.1, 0.15) is 0 Å². The van der Waals surface area contributed by atoms with Gasteiger partial charge >= 0.3 is 0 Å². The maximum absolute atomic E-state index is 10.3. The molecular weight excluding hydrogens is 214 g/mol. The zero-order chi connectivity index (χ0) is 12.3. The number of nitrogens with zero attached hydrogens (tertiary/aromatic N) is 3. The van der Waals surface area contributed by atoms with Gasteiger partial charge in [0, 0.05) is 18.6 Å². The lowest BCUT2D eigenvalue weighted by molar-refractivity contribution is 0.0119. The van der Waals surface area contributed by atoms with E-state index >= 15 is 0 Å². The maximum atomic E-state index is 10.3. The molecule has 92 valence electrons. The molecule has 0 aliphatic heterocycles. The summed E-state index contributed by atoms with van der Waals surface area (Å²) in [5.74, 6) is 0. The second-order valence-electron chi connectivity index (χ2n) is 4.42. The molecule has 0 aliphatic rings. The summed E-state index contributed by atoms with van der Waals surface area (Å²) in [5.41, 5.74) is 0.365. The van der Waals surface area contributed by atoms with Crippen molar-refractivity contribution in [3.63, 3.8) is 0 Å². The van der Waals surface area contributed by atoms with Crippen LogP contribution in [0.1, 0.15) is 26.7 Å². The van der Waals surface area contributed by atoms with E-state index in [0.29, 0.717) is 6.54 Å². The predicted octanol–water partition coefficient (Wildman–Crippen LogP) is 2.22. The fourth-order valence-corrected chi connectivity index (χ4v) is 1.85. The normalized spacial score (nSPS) is 11.9. The van der Waals surface area contributed by atoms with Crippen molar-refractivity contribution in [2.75, 3.05) is 0 Å². The van der Waals surface area contributed by atoms with E-state index in [1.54, 1.807) is 0 Å². The van der Waals surface area contributed by atoms with Gasteiger partial charge in [0.2, 0.25) is 0 Å². The van der Waals surface area contributed by atoms with Crippen LogP contribution in [0.15, 0.2) is 36.9 Å². The van der Waals surface area contributed by atoms with Crippen LogP contribution in [0.3, 0.4) is 0 Å². The lowest BCUT2D eigenvalue weighted by Crippen LogP contribution is -2.32. The lowest BCUT2D eigenvalue weighted by Gasteiger charge is -2.24. The third-order valence-corrected chi connectivity index (χ3v) is 3.29. The predicted molar refractivity (Wildman–Crippen MR) is 67.1 cm³/mol. The van der Waals surface area contributed by atoms with E-state index in [-0.39, 0.29) is 0 Å². The zero-order valence-electron chi connectivity index (χ0n) is 10.4. The van der Waals surface area contributed by atoms with Crippen molar-refractivity contribution in [3.8, 4) is 5.69 Å². The molecule has 0 radical (unpaired) electrons. The Morgan fingerprint density at radius 3 is 2.47 bits per heavy atom. The maximum Gasteiger partial charge on any atom is 0.0837 e. The molecule has 0 bridgehead atoms. The Bertz CT molecular complexity index is 455. The molecule has 2 aromatic rings. The quantitative estimate of drug-likeness (QED) is 0.860. The monoisotopic (exact) mass is 233 g/mol. The minimum atomic E-state index is -0.653. The van der Waals surface area contributed by atoms with E-state index in [2.05, 4.69) is 5.10 Å². The topological polar surface area (TPSA) is 43.0 Å². The average Bonchev–Trinajstić information content (AvgIpc) is 2.98. The highest BCUT2D eigenvalue weighted by Crippen LogP contribution is 2.17. The Morgan fingerprint density at radius 2 is 1.88 bits per heavy atom. The fraction of sp³-hybridized carbons (Fsp3) is 0.462. The summed E-state index contributed by atoms with van der Waals surface area (Å²) in [6.45, 7) is 4.54. The molecule has 0 saturated carbocycles. The second-order valence-corrected chi connectivity index (χ2v) is 4.42. The van der Waals surface area contributed by atoms with Crippen LogP contribution in [-0.4, -0.2) is 25.1 Å². The van der Waals surface area contributed by atoms with Crippen LogP contribution < -0.4 is 0 Å².